The molecule has 0 radical (unpaired) electrons. The summed E-state index contributed by atoms with van der Waals surface area (Å²) in [6.07, 6.45) is -9.68. The number of unbranched alkanes of at least 4 members (excludes halogenated alkanes) is 2. The van der Waals surface area contributed by atoms with Gasteiger partial charge in [0.1, 0.15) is 36.6 Å². The van der Waals surface area contributed by atoms with Gasteiger partial charge in [-0.05, 0) is 109 Å². The minimum Gasteiger partial charge on any atom is -0.394 e. The van der Waals surface area contributed by atoms with E-state index in [0.29, 0.717) is 47.9 Å². The molecule has 0 spiro atoms. The molecule has 4 aromatic carbocycles. The molecule has 2 heterocycles. The molecule has 0 unspecified atom stereocenters. The van der Waals surface area contributed by atoms with E-state index >= 15 is 0 Å². The molecule has 0 bridgehead atoms. The molecule has 2 amide bonds. The Morgan fingerprint density at radius 3 is 1.21 bits per heavy atom. The summed E-state index contributed by atoms with van der Waals surface area (Å²) in [6.45, 7) is 6.33. The third kappa shape index (κ3) is 16.2. The number of fused-ring (bicyclic) bond motifs is 2. The lowest BCUT2D eigenvalue weighted by atomic mass is 9.88. The molecule has 0 aromatic heterocycles. The van der Waals surface area contributed by atoms with E-state index in [1.165, 1.54) is 0 Å². The van der Waals surface area contributed by atoms with E-state index in [9.17, 15) is 67.3 Å². The van der Waals surface area contributed by atoms with E-state index in [4.69, 9.17) is 10.2 Å². The van der Waals surface area contributed by atoms with Gasteiger partial charge in [-0.15, -0.1) is 0 Å². The van der Waals surface area contributed by atoms with Gasteiger partial charge >= 0.3 is 0 Å². The number of amides is 2. The predicted molar refractivity (Wildman–Crippen MR) is 313 cm³/mol. The van der Waals surface area contributed by atoms with Gasteiger partial charge in [0.15, 0.2) is 31.9 Å². The summed E-state index contributed by atoms with van der Waals surface area (Å²) in [7, 11) is 0.191. The van der Waals surface area contributed by atoms with Crippen molar-refractivity contribution in [3.63, 3.8) is 0 Å². The molecule has 6 rings (SSSR count). The Bertz CT molecular complexity index is 2810. The predicted octanol–water partition coefficient (Wildman–Crippen LogP) is 1.86. The third-order valence-corrected chi connectivity index (χ3v) is 19.5. The fourth-order valence-corrected chi connectivity index (χ4v) is 14.6. The Morgan fingerprint density at radius 2 is 0.902 bits per heavy atom. The van der Waals surface area contributed by atoms with Gasteiger partial charge in [-0.2, -0.15) is 0 Å². The number of aliphatic hydroxyl groups excluding tert-OH is 10. The maximum absolute atomic E-state index is 13.7. The highest BCUT2D eigenvalue weighted by Gasteiger charge is 2.44. The fourth-order valence-electron chi connectivity index (χ4n) is 10.4. The Balaban J connectivity index is 0.000000301. The van der Waals surface area contributed by atoms with Crippen LogP contribution in [0.2, 0.25) is 0 Å². The first-order valence-electron chi connectivity index (χ1n) is 27.7. The van der Waals surface area contributed by atoms with Crippen LogP contribution in [0.25, 0.3) is 0 Å². The maximum atomic E-state index is 13.7. The number of nitrogens with zero attached hydrogens (tertiary/aromatic N) is 2. The van der Waals surface area contributed by atoms with Crippen molar-refractivity contribution in [1.29, 1.82) is 0 Å². The number of carbonyl (C=O) groups is 2. The number of sulfone groups is 2. The van der Waals surface area contributed by atoms with E-state index < -0.39 is 117 Å². The molecule has 12 atom stereocenters. The highest BCUT2D eigenvalue weighted by molar-refractivity contribution is 7.91. The van der Waals surface area contributed by atoms with Crippen LogP contribution in [0.3, 0.4) is 0 Å². The molecular formula is C58H86N6O16S2. The molecule has 0 aliphatic carbocycles. The van der Waals surface area contributed by atoms with Crippen LogP contribution in [0, 0.1) is 0 Å². The van der Waals surface area contributed by atoms with Crippen LogP contribution in [0.4, 0.5) is 22.7 Å². The first-order chi connectivity index (χ1) is 38.6. The first-order valence-corrected chi connectivity index (χ1v) is 31.0. The van der Waals surface area contributed by atoms with Crippen molar-refractivity contribution >= 4 is 54.2 Å². The van der Waals surface area contributed by atoms with E-state index in [1.807, 2.05) is 76.1 Å². The lowest BCUT2D eigenvalue weighted by molar-refractivity contribution is -0.144. The van der Waals surface area contributed by atoms with Gasteiger partial charge in [-0.1, -0.05) is 77.6 Å². The number of hydrogen-bond donors (Lipinski definition) is 14. The summed E-state index contributed by atoms with van der Waals surface area (Å²) >= 11 is 0. The number of benzene rings is 4. The molecule has 4 aromatic rings. The van der Waals surface area contributed by atoms with Gasteiger partial charge in [-0.3, -0.25) is 20.2 Å². The van der Waals surface area contributed by atoms with Gasteiger partial charge in [-0.25, -0.2) is 16.8 Å². The number of aliphatic hydroxyl groups is 10. The van der Waals surface area contributed by atoms with Gasteiger partial charge < -0.3 is 71.5 Å². The van der Waals surface area contributed by atoms with Gasteiger partial charge in [0.2, 0.25) is 0 Å². The Hall–Kier alpha value is -5.16. The van der Waals surface area contributed by atoms with Crippen LogP contribution in [0.5, 0.6) is 0 Å². The van der Waals surface area contributed by atoms with Crippen molar-refractivity contribution in [1.82, 2.24) is 10.6 Å². The van der Waals surface area contributed by atoms with E-state index in [-0.39, 0.29) is 32.7 Å². The average molecular weight is 1190 g/mol. The van der Waals surface area contributed by atoms with Crippen LogP contribution in [-0.4, -0.2) is 193 Å². The van der Waals surface area contributed by atoms with Crippen molar-refractivity contribution in [3.8, 4) is 0 Å². The summed E-state index contributed by atoms with van der Waals surface area (Å²) in [5.41, 5.74) is 3.33. The second-order valence-electron chi connectivity index (χ2n) is 22.0. The molecular weight excluding hydrogens is 1100 g/mol. The molecule has 2 aliphatic heterocycles. The SMILES string of the molecule is CCCC[C@@]1(CC)CS(=O)(=O)c2ccc(N(C)C)cc2[C@H](c2cccc(NC(=O)[C@H](O)[C@@H](O)[C@H](O)[C@H](O)CO)c2)N1.CCCC[C@]1(CC)CS(=O)(=O)c2ccc(N(C)C)cc2[C@@H](c2cccc(NC(=O)[C@H](O)[C@@H](O)[C@H](O)[C@H](O)CO)c2)N1. The lowest BCUT2D eigenvalue weighted by Crippen LogP contribution is -2.50. The zero-order valence-electron chi connectivity index (χ0n) is 48.0. The van der Waals surface area contributed by atoms with Crippen molar-refractivity contribution in [3.05, 3.63) is 107 Å². The number of anilines is 4. The minimum atomic E-state index is -3.65. The van der Waals surface area contributed by atoms with Crippen molar-refractivity contribution in [2.45, 2.75) is 161 Å². The number of rotatable bonds is 24. The normalized spacial score (nSPS) is 23.0. The molecule has 82 heavy (non-hydrogen) atoms. The number of nitrogens with one attached hydrogen (secondary N) is 4. The zero-order chi connectivity index (χ0) is 61.1. The van der Waals surface area contributed by atoms with Crippen LogP contribution >= 0.6 is 0 Å². The van der Waals surface area contributed by atoms with E-state index in [0.717, 1.165) is 37.1 Å². The van der Waals surface area contributed by atoms with Crippen molar-refractivity contribution in [2.75, 3.05) is 73.3 Å². The summed E-state index contributed by atoms with van der Waals surface area (Å²) < 4.78 is 55.0. The average Bonchev–Trinajstić information content (AvgIpc) is 3.72. The molecule has 0 saturated carbocycles. The highest BCUT2D eigenvalue weighted by atomic mass is 32.2. The largest absolute Gasteiger partial charge is 0.394 e. The van der Waals surface area contributed by atoms with Crippen LogP contribution in [-0.2, 0) is 29.3 Å². The van der Waals surface area contributed by atoms with Gasteiger partial charge in [0.05, 0.1) is 46.6 Å². The summed E-state index contributed by atoms with van der Waals surface area (Å²) in [5, 5.41) is 110. The maximum Gasteiger partial charge on any atom is 0.256 e. The Morgan fingerprint density at radius 1 is 0.549 bits per heavy atom. The quantitative estimate of drug-likeness (QED) is 0.0476. The third-order valence-electron chi connectivity index (χ3n) is 15.5. The number of hydrogen-bond acceptors (Lipinski definition) is 20. The molecule has 24 heteroatoms. The van der Waals surface area contributed by atoms with Crippen LogP contribution in [0.15, 0.2) is 94.7 Å². The monoisotopic (exact) mass is 1190 g/mol. The first kappa shape index (κ1) is 67.6. The molecule has 0 fully saturated rings. The van der Waals surface area contributed by atoms with Crippen molar-refractivity contribution in [2.24, 2.45) is 0 Å². The second kappa shape index (κ2) is 29.1. The van der Waals surface area contributed by atoms with Gasteiger partial charge in [0, 0.05) is 62.0 Å². The standard InChI is InChI=1S/2C29H43N3O8S/c2*1-5-7-13-29(6-2)17-41(39,40)23-12-11-20(32(3)4)15-21(23)24(31-29)18-9-8-10-19(14-18)30-28(38)27(37)26(36)25(35)22(34)16-33/h2*8-12,14-15,22,24-27,31,33-37H,5-7,13,16-17H2,1-4H3,(H,30,38)/t22-,24+,25-,26+,27-,29+;22-,24-,25-,26+,27-,29-/m11/s1. The van der Waals surface area contributed by atoms with Gasteiger partial charge in [0.25, 0.3) is 11.8 Å². The summed E-state index contributed by atoms with van der Waals surface area (Å²) in [6, 6.07) is 23.0. The Labute approximate surface area is 481 Å². The topological polar surface area (TPSA) is 359 Å². The van der Waals surface area contributed by atoms with Crippen LogP contribution < -0.4 is 31.1 Å². The molecule has 14 N–H and O–H groups in total. The summed E-state index contributed by atoms with van der Waals surface area (Å²) in [4.78, 5) is 29.7. The second-order valence-corrected chi connectivity index (χ2v) is 25.9. The minimum absolute atomic E-state index is 0.0517. The summed E-state index contributed by atoms with van der Waals surface area (Å²) in [5.74, 6) is -2.17. The number of carbonyl (C=O) groups excluding carboxylic acids is 2. The smallest absolute Gasteiger partial charge is 0.256 e. The van der Waals surface area contributed by atoms with Crippen molar-refractivity contribution < 1.29 is 77.5 Å². The molecule has 22 nitrogen and oxygen atoms in total. The molecule has 2 aliphatic rings. The van der Waals surface area contributed by atoms with E-state index in [2.05, 4.69) is 35.1 Å². The Kier molecular flexibility index (Phi) is 24.0. The zero-order valence-corrected chi connectivity index (χ0v) is 49.6. The highest BCUT2D eigenvalue weighted by Crippen LogP contribution is 2.42. The molecule has 0 saturated heterocycles. The lowest BCUT2D eigenvalue weighted by Gasteiger charge is -2.36. The van der Waals surface area contributed by atoms with Crippen LogP contribution in [0.1, 0.15) is 113 Å². The fraction of sp³-hybridized carbons (Fsp3) is 0.552. The van der Waals surface area contributed by atoms with E-state index in [1.54, 1.807) is 60.7 Å². The molecule has 456 valence electrons.